The van der Waals surface area contributed by atoms with Gasteiger partial charge in [0, 0.05) is 18.8 Å². The van der Waals surface area contributed by atoms with Gasteiger partial charge < -0.3 is 25.6 Å². The number of unbranched alkanes of at least 4 members (excludes halogenated alkanes) is 1. The highest BCUT2D eigenvalue weighted by Gasteiger charge is 2.43. The summed E-state index contributed by atoms with van der Waals surface area (Å²) in [7, 11) is 0. The molecule has 3 rings (SSSR count). The van der Waals surface area contributed by atoms with Gasteiger partial charge in [0.1, 0.15) is 11.4 Å². The predicted octanol–water partition coefficient (Wildman–Crippen LogP) is 2.75. The van der Waals surface area contributed by atoms with Crippen LogP contribution in [0.1, 0.15) is 58.3 Å². The van der Waals surface area contributed by atoms with Gasteiger partial charge in [-0.25, -0.2) is 9.18 Å². The minimum atomic E-state index is -1.13. The van der Waals surface area contributed by atoms with E-state index in [1.165, 1.54) is 24.3 Å². The van der Waals surface area contributed by atoms with Crippen LogP contribution in [-0.4, -0.2) is 66.4 Å². The number of nitrogens with one attached hydrogen (secondary N) is 3. The van der Waals surface area contributed by atoms with Gasteiger partial charge in [0.05, 0.1) is 19.3 Å². The van der Waals surface area contributed by atoms with Crippen molar-refractivity contribution in [2.24, 2.45) is 0 Å². The number of anilines is 1. The average molecular weight is 491 g/mol. The maximum absolute atomic E-state index is 13.5. The quantitative estimate of drug-likeness (QED) is 0.460. The van der Waals surface area contributed by atoms with Crippen molar-refractivity contribution in [3.8, 4) is 0 Å². The Morgan fingerprint density at radius 3 is 2.34 bits per heavy atom. The Balaban J connectivity index is 1.71. The van der Waals surface area contributed by atoms with Crippen LogP contribution in [0.25, 0.3) is 0 Å². The van der Waals surface area contributed by atoms with Crippen LogP contribution in [0.3, 0.4) is 0 Å². The molecule has 2 fully saturated rings. The third-order valence-corrected chi connectivity index (χ3v) is 6.58. The molecule has 4 amide bonds. The lowest BCUT2D eigenvalue weighted by atomic mass is 9.80. The Bertz CT molecular complexity index is 896. The number of amides is 4. The van der Waals surface area contributed by atoms with Gasteiger partial charge in [0.15, 0.2) is 0 Å². The van der Waals surface area contributed by atoms with E-state index in [0.29, 0.717) is 52.0 Å². The highest BCUT2D eigenvalue weighted by atomic mass is 19.1. The van der Waals surface area contributed by atoms with Crippen molar-refractivity contribution in [2.75, 3.05) is 31.6 Å². The molecule has 1 saturated carbocycles. The van der Waals surface area contributed by atoms with Gasteiger partial charge in [-0.05, 0) is 43.5 Å². The first-order valence-electron chi connectivity index (χ1n) is 12.4. The Morgan fingerprint density at radius 2 is 1.71 bits per heavy atom. The van der Waals surface area contributed by atoms with Crippen LogP contribution in [-0.2, 0) is 19.1 Å². The number of carbonyl (C=O) groups is 4. The lowest BCUT2D eigenvalue weighted by Crippen LogP contribution is -2.64. The molecule has 0 spiro atoms. The number of urea groups is 1. The number of carbonyl (C=O) groups excluding carboxylic acids is 4. The van der Waals surface area contributed by atoms with Crippen LogP contribution in [0.15, 0.2) is 24.3 Å². The predicted molar refractivity (Wildman–Crippen MR) is 128 cm³/mol. The van der Waals surface area contributed by atoms with Crippen molar-refractivity contribution in [1.29, 1.82) is 0 Å². The van der Waals surface area contributed by atoms with E-state index in [2.05, 4.69) is 16.0 Å². The average Bonchev–Trinajstić information content (AvgIpc) is 2.88. The Morgan fingerprint density at radius 1 is 1.06 bits per heavy atom. The fourth-order valence-corrected chi connectivity index (χ4v) is 4.47. The van der Waals surface area contributed by atoms with Crippen LogP contribution in [0.2, 0.25) is 0 Å². The summed E-state index contributed by atoms with van der Waals surface area (Å²) in [5, 5.41) is 8.20. The zero-order chi connectivity index (χ0) is 25.3. The molecule has 192 valence electrons. The number of ketones is 1. The molecule has 1 saturated heterocycles. The van der Waals surface area contributed by atoms with E-state index in [-0.39, 0.29) is 11.7 Å². The maximum Gasteiger partial charge on any atom is 0.318 e. The summed E-state index contributed by atoms with van der Waals surface area (Å²) < 4.78 is 18.5. The molecule has 9 nitrogen and oxygen atoms in total. The van der Waals surface area contributed by atoms with Gasteiger partial charge in [-0.2, -0.15) is 0 Å². The number of rotatable bonds is 9. The highest BCUT2D eigenvalue weighted by Crippen LogP contribution is 2.29. The van der Waals surface area contributed by atoms with E-state index < -0.39 is 35.0 Å². The third-order valence-electron chi connectivity index (χ3n) is 6.58. The van der Waals surface area contributed by atoms with Crippen molar-refractivity contribution in [1.82, 2.24) is 15.5 Å². The molecule has 35 heavy (non-hydrogen) atoms. The molecule has 2 aliphatic rings. The van der Waals surface area contributed by atoms with E-state index in [0.717, 1.165) is 25.7 Å². The summed E-state index contributed by atoms with van der Waals surface area (Å²) >= 11 is 0. The first kappa shape index (κ1) is 26.6. The standard InChI is InChI=1S/C25H35FN4O5/c1-2-3-7-20(21(31)22(32)27-19-10-8-18(26)9-11-19)28-23(33)25(12-5-4-6-13-25)29-24(34)30-14-16-35-17-15-30/h8-11,20H,2-7,12-17H2,1H3,(H,27,32)(H,28,33)(H,29,34)/t20-/m0/s1. The second-order valence-electron chi connectivity index (χ2n) is 9.17. The van der Waals surface area contributed by atoms with Gasteiger partial charge in [0.2, 0.25) is 11.7 Å². The molecular formula is C25H35FN4O5. The van der Waals surface area contributed by atoms with Crippen molar-refractivity contribution in [3.63, 3.8) is 0 Å². The lowest BCUT2D eigenvalue weighted by molar-refractivity contribution is -0.138. The molecular weight excluding hydrogens is 455 g/mol. The lowest BCUT2D eigenvalue weighted by Gasteiger charge is -2.39. The van der Waals surface area contributed by atoms with Crippen LogP contribution in [0, 0.1) is 5.82 Å². The SMILES string of the molecule is CCCC[C@H](NC(=O)C1(NC(=O)N2CCOCC2)CCCCC1)C(=O)C(=O)Nc1ccc(F)cc1. The molecule has 1 aromatic carbocycles. The van der Waals surface area contributed by atoms with Crippen LogP contribution < -0.4 is 16.0 Å². The number of morpholine rings is 1. The molecule has 1 aliphatic carbocycles. The topological polar surface area (TPSA) is 117 Å². The van der Waals surface area contributed by atoms with Gasteiger partial charge >= 0.3 is 6.03 Å². The zero-order valence-corrected chi connectivity index (χ0v) is 20.2. The molecule has 0 unspecified atom stereocenters. The minimum absolute atomic E-state index is 0.284. The fourth-order valence-electron chi connectivity index (χ4n) is 4.47. The third kappa shape index (κ3) is 7.24. The molecule has 0 radical (unpaired) electrons. The van der Waals surface area contributed by atoms with Gasteiger partial charge in [-0.3, -0.25) is 14.4 Å². The van der Waals surface area contributed by atoms with Crippen LogP contribution in [0.4, 0.5) is 14.9 Å². The Hall–Kier alpha value is -3.01. The summed E-state index contributed by atoms with van der Waals surface area (Å²) in [6.07, 6.45) is 5.14. The number of halogens is 1. The normalized spacial score (nSPS) is 18.3. The van der Waals surface area contributed by atoms with Crippen molar-refractivity contribution in [3.05, 3.63) is 30.1 Å². The molecule has 1 atom stereocenters. The van der Waals surface area contributed by atoms with E-state index in [1.54, 1.807) is 4.90 Å². The smallest absolute Gasteiger partial charge is 0.318 e. The number of benzene rings is 1. The number of hydrogen-bond donors (Lipinski definition) is 3. The van der Waals surface area contributed by atoms with E-state index in [4.69, 9.17) is 4.74 Å². The van der Waals surface area contributed by atoms with Crippen molar-refractivity contribution < 1.29 is 28.3 Å². The second kappa shape index (κ2) is 12.6. The molecule has 1 aliphatic heterocycles. The zero-order valence-electron chi connectivity index (χ0n) is 20.2. The van der Waals surface area contributed by atoms with Crippen molar-refractivity contribution in [2.45, 2.75) is 69.9 Å². The summed E-state index contributed by atoms with van der Waals surface area (Å²) in [6.45, 7) is 3.75. The Labute approximate surface area is 205 Å². The van der Waals surface area contributed by atoms with E-state index >= 15 is 0 Å². The molecule has 3 N–H and O–H groups in total. The number of ether oxygens (including phenoxy) is 1. The van der Waals surface area contributed by atoms with Crippen molar-refractivity contribution >= 4 is 29.3 Å². The maximum atomic E-state index is 13.5. The monoisotopic (exact) mass is 490 g/mol. The van der Waals surface area contributed by atoms with Crippen LogP contribution >= 0.6 is 0 Å². The summed E-state index contributed by atoms with van der Waals surface area (Å²) in [6, 6.07) is 3.73. The second-order valence-corrected chi connectivity index (χ2v) is 9.17. The summed E-state index contributed by atoms with van der Waals surface area (Å²) in [5.74, 6) is -2.56. The Kier molecular flexibility index (Phi) is 9.59. The first-order chi connectivity index (χ1) is 16.8. The van der Waals surface area contributed by atoms with Crippen LogP contribution in [0.5, 0.6) is 0 Å². The summed E-state index contributed by atoms with van der Waals surface area (Å²) in [5.41, 5.74) is -0.849. The van der Waals surface area contributed by atoms with Gasteiger partial charge in [-0.15, -0.1) is 0 Å². The molecule has 1 heterocycles. The van der Waals surface area contributed by atoms with Gasteiger partial charge in [-0.1, -0.05) is 39.0 Å². The van der Waals surface area contributed by atoms with E-state index in [1.807, 2.05) is 6.92 Å². The summed E-state index contributed by atoms with van der Waals surface area (Å²) in [4.78, 5) is 53.7. The highest BCUT2D eigenvalue weighted by molar-refractivity contribution is 6.42. The minimum Gasteiger partial charge on any atom is -0.378 e. The molecule has 10 heteroatoms. The molecule has 0 bridgehead atoms. The molecule has 1 aromatic rings. The number of nitrogens with zero attached hydrogens (tertiary/aromatic N) is 1. The largest absolute Gasteiger partial charge is 0.378 e. The van der Waals surface area contributed by atoms with Gasteiger partial charge in [0.25, 0.3) is 5.91 Å². The number of hydrogen-bond acceptors (Lipinski definition) is 5. The van der Waals surface area contributed by atoms with E-state index in [9.17, 15) is 23.6 Å². The number of Topliss-reactive ketones (excluding diaryl/α,β-unsaturated/α-hetero) is 1. The fraction of sp³-hybridized carbons (Fsp3) is 0.600. The first-order valence-corrected chi connectivity index (χ1v) is 12.4. The molecule has 0 aromatic heterocycles.